The molecule has 1 aromatic heterocycles. The Bertz CT molecular complexity index is 1020. The number of fused-ring (bicyclic) bond motifs is 1. The van der Waals surface area contributed by atoms with Crippen LogP contribution in [0.1, 0.15) is 29.3 Å². The molecule has 0 saturated carbocycles. The van der Waals surface area contributed by atoms with E-state index in [0.717, 1.165) is 61.9 Å². The van der Waals surface area contributed by atoms with Gasteiger partial charge in [-0.1, -0.05) is 29.8 Å². The maximum absolute atomic E-state index is 5.64. The number of aliphatic imine (C=N–C) groups is 1. The summed E-state index contributed by atoms with van der Waals surface area (Å²) in [5, 5.41) is 6.73. The van der Waals surface area contributed by atoms with Gasteiger partial charge in [-0.15, -0.1) is 0 Å². The largest absolute Gasteiger partial charge is 0.493 e. The molecule has 0 aliphatic carbocycles. The molecule has 3 aromatic rings. The van der Waals surface area contributed by atoms with Crippen LogP contribution < -0.4 is 15.4 Å². The average Bonchev–Trinajstić information content (AvgIpc) is 3.43. The lowest BCUT2D eigenvalue weighted by molar-refractivity contribution is 0.357. The smallest absolute Gasteiger partial charge is 0.226 e. The lowest BCUT2D eigenvalue weighted by Gasteiger charge is -2.11. The van der Waals surface area contributed by atoms with E-state index in [4.69, 9.17) is 9.15 Å². The fourth-order valence-electron chi connectivity index (χ4n) is 3.60. The van der Waals surface area contributed by atoms with E-state index in [2.05, 4.69) is 64.8 Å². The molecule has 0 unspecified atom stereocenters. The molecule has 162 valence electrons. The topological polar surface area (TPSA) is 71.7 Å². The first kappa shape index (κ1) is 21.0. The standard InChI is InChI=1S/C25H30N4O2/c1-3-26-25(27-13-10-19-6-9-23-21(16-19)12-15-30-23)28-14-11-22-17-31-24(29-22)20-7-4-18(2)5-8-20/h4-9,16-17H,3,10-15H2,1-2H3,(H2,26,27,28). The van der Waals surface area contributed by atoms with Gasteiger partial charge in [0.05, 0.1) is 12.3 Å². The van der Waals surface area contributed by atoms with Gasteiger partial charge in [0.15, 0.2) is 5.96 Å². The third-order valence-electron chi connectivity index (χ3n) is 5.29. The zero-order valence-corrected chi connectivity index (χ0v) is 18.3. The highest BCUT2D eigenvalue weighted by Crippen LogP contribution is 2.25. The van der Waals surface area contributed by atoms with Gasteiger partial charge < -0.3 is 19.8 Å². The normalized spacial score (nSPS) is 13.0. The van der Waals surface area contributed by atoms with E-state index in [1.165, 1.54) is 16.7 Å². The predicted octanol–water partition coefficient (Wildman–Crippen LogP) is 3.93. The second kappa shape index (κ2) is 10.2. The Kier molecular flexibility index (Phi) is 6.87. The van der Waals surface area contributed by atoms with Crippen LogP contribution in [-0.2, 0) is 19.3 Å². The summed E-state index contributed by atoms with van der Waals surface area (Å²) in [6.45, 7) is 7.23. The van der Waals surface area contributed by atoms with Gasteiger partial charge in [-0.3, -0.25) is 4.99 Å². The van der Waals surface area contributed by atoms with E-state index in [1.54, 1.807) is 6.26 Å². The summed E-state index contributed by atoms with van der Waals surface area (Å²) in [5.41, 5.74) is 5.76. The lowest BCUT2D eigenvalue weighted by atomic mass is 10.1. The molecule has 0 fully saturated rings. The van der Waals surface area contributed by atoms with Crippen LogP contribution in [0.3, 0.4) is 0 Å². The minimum absolute atomic E-state index is 0.644. The Balaban J connectivity index is 1.27. The van der Waals surface area contributed by atoms with Gasteiger partial charge in [-0.05, 0) is 49.6 Å². The Hall–Kier alpha value is -3.28. The molecule has 2 N–H and O–H groups in total. The molecule has 0 saturated heterocycles. The number of benzene rings is 2. The fraction of sp³-hybridized carbons (Fsp3) is 0.360. The van der Waals surface area contributed by atoms with Crippen molar-refractivity contribution in [3.8, 4) is 17.2 Å². The van der Waals surface area contributed by atoms with Crippen molar-refractivity contribution in [1.29, 1.82) is 0 Å². The van der Waals surface area contributed by atoms with Crippen LogP contribution in [0, 0.1) is 6.92 Å². The molecule has 0 amide bonds. The van der Waals surface area contributed by atoms with E-state index in [0.29, 0.717) is 12.4 Å². The molecule has 0 atom stereocenters. The summed E-state index contributed by atoms with van der Waals surface area (Å²) in [5.74, 6) is 2.52. The van der Waals surface area contributed by atoms with E-state index < -0.39 is 0 Å². The van der Waals surface area contributed by atoms with Gasteiger partial charge in [-0.25, -0.2) is 4.98 Å². The third-order valence-corrected chi connectivity index (χ3v) is 5.29. The molecule has 31 heavy (non-hydrogen) atoms. The molecule has 1 aliphatic rings. The third kappa shape index (κ3) is 5.66. The molecule has 2 heterocycles. The van der Waals surface area contributed by atoms with Crippen molar-refractivity contribution in [2.24, 2.45) is 4.99 Å². The first-order chi connectivity index (χ1) is 15.2. The number of hydrogen-bond acceptors (Lipinski definition) is 4. The number of ether oxygens (including phenoxy) is 1. The monoisotopic (exact) mass is 418 g/mol. The highest BCUT2D eigenvalue weighted by Gasteiger charge is 2.12. The van der Waals surface area contributed by atoms with Gasteiger partial charge in [-0.2, -0.15) is 0 Å². The Morgan fingerprint density at radius 2 is 1.97 bits per heavy atom. The maximum Gasteiger partial charge on any atom is 0.226 e. The highest BCUT2D eigenvalue weighted by atomic mass is 16.5. The van der Waals surface area contributed by atoms with Crippen molar-refractivity contribution in [1.82, 2.24) is 15.6 Å². The minimum Gasteiger partial charge on any atom is -0.493 e. The van der Waals surface area contributed by atoms with Crippen LogP contribution in [0.5, 0.6) is 5.75 Å². The highest BCUT2D eigenvalue weighted by molar-refractivity contribution is 5.79. The lowest BCUT2D eigenvalue weighted by Crippen LogP contribution is -2.38. The predicted molar refractivity (Wildman–Crippen MR) is 124 cm³/mol. The number of nitrogens with one attached hydrogen (secondary N) is 2. The molecule has 2 aromatic carbocycles. The van der Waals surface area contributed by atoms with Crippen molar-refractivity contribution in [3.05, 3.63) is 71.1 Å². The first-order valence-corrected chi connectivity index (χ1v) is 11.0. The van der Waals surface area contributed by atoms with Crippen LogP contribution in [0.4, 0.5) is 0 Å². The SMILES string of the molecule is CCNC(=NCCc1coc(-c2ccc(C)cc2)n1)NCCc1ccc2c(c1)CCO2. The molecule has 0 spiro atoms. The molecule has 4 rings (SSSR count). The zero-order chi connectivity index (χ0) is 21.5. The Labute approximate surface area is 183 Å². The molecule has 0 radical (unpaired) electrons. The van der Waals surface area contributed by atoms with Crippen molar-refractivity contribution in [3.63, 3.8) is 0 Å². The number of aromatic nitrogens is 1. The van der Waals surface area contributed by atoms with E-state index >= 15 is 0 Å². The van der Waals surface area contributed by atoms with Gasteiger partial charge in [0, 0.05) is 38.0 Å². The summed E-state index contributed by atoms with van der Waals surface area (Å²) in [4.78, 5) is 9.28. The summed E-state index contributed by atoms with van der Waals surface area (Å²) < 4.78 is 11.2. The first-order valence-electron chi connectivity index (χ1n) is 11.0. The number of aryl methyl sites for hydroxylation is 1. The number of rotatable bonds is 8. The van der Waals surface area contributed by atoms with Gasteiger partial charge in [0.1, 0.15) is 12.0 Å². The van der Waals surface area contributed by atoms with Crippen LogP contribution in [0.2, 0.25) is 0 Å². The van der Waals surface area contributed by atoms with Crippen molar-refractivity contribution >= 4 is 5.96 Å². The quantitative estimate of drug-likeness (QED) is 0.428. The van der Waals surface area contributed by atoms with Gasteiger partial charge in [0.2, 0.25) is 5.89 Å². The second-order valence-corrected chi connectivity index (χ2v) is 7.74. The number of hydrogen-bond donors (Lipinski definition) is 2. The molecule has 1 aliphatic heterocycles. The van der Waals surface area contributed by atoms with Crippen LogP contribution in [0.25, 0.3) is 11.5 Å². The van der Waals surface area contributed by atoms with E-state index in [9.17, 15) is 0 Å². The van der Waals surface area contributed by atoms with Crippen molar-refractivity contribution in [2.45, 2.75) is 33.1 Å². The van der Waals surface area contributed by atoms with Gasteiger partial charge >= 0.3 is 0 Å². The van der Waals surface area contributed by atoms with Gasteiger partial charge in [0.25, 0.3) is 0 Å². The average molecular weight is 419 g/mol. The van der Waals surface area contributed by atoms with Crippen LogP contribution in [0.15, 0.2) is 58.1 Å². The van der Waals surface area contributed by atoms with E-state index in [1.807, 2.05) is 12.1 Å². The molecular weight excluding hydrogens is 388 g/mol. The summed E-state index contributed by atoms with van der Waals surface area (Å²) in [6, 6.07) is 14.7. The zero-order valence-electron chi connectivity index (χ0n) is 18.3. The number of guanidine groups is 1. The van der Waals surface area contributed by atoms with Crippen LogP contribution in [-0.4, -0.2) is 37.2 Å². The molecule has 6 nitrogen and oxygen atoms in total. The number of nitrogens with zero attached hydrogens (tertiary/aromatic N) is 2. The second-order valence-electron chi connectivity index (χ2n) is 7.74. The van der Waals surface area contributed by atoms with Crippen molar-refractivity contribution in [2.75, 3.05) is 26.2 Å². The van der Waals surface area contributed by atoms with Crippen LogP contribution >= 0.6 is 0 Å². The Morgan fingerprint density at radius 1 is 1.10 bits per heavy atom. The van der Waals surface area contributed by atoms with Crippen molar-refractivity contribution < 1.29 is 9.15 Å². The molecule has 6 heteroatoms. The maximum atomic E-state index is 5.64. The summed E-state index contributed by atoms with van der Waals surface area (Å²) in [6.07, 6.45) is 4.41. The molecular formula is C25H30N4O2. The Morgan fingerprint density at radius 3 is 2.81 bits per heavy atom. The number of oxazole rings is 1. The van der Waals surface area contributed by atoms with E-state index in [-0.39, 0.29) is 0 Å². The summed E-state index contributed by atoms with van der Waals surface area (Å²) in [7, 11) is 0. The minimum atomic E-state index is 0.644. The fourth-order valence-corrected chi connectivity index (χ4v) is 3.60. The molecule has 0 bridgehead atoms. The summed E-state index contributed by atoms with van der Waals surface area (Å²) >= 11 is 0.